The van der Waals surface area contributed by atoms with Crippen molar-refractivity contribution in [3.63, 3.8) is 0 Å². The number of Topliss-reactive ketones (excluding diaryl/α,β-unsaturated/α-hetero) is 2. The van der Waals surface area contributed by atoms with E-state index in [0.717, 1.165) is 48.5 Å². The minimum atomic E-state index is -5.28. The normalized spacial score (nSPS) is 26.1. The summed E-state index contributed by atoms with van der Waals surface area (Å²) in [4.78, 5) is 30.3. The highest BCUT2D eigenvalue weighted by molar-refractivity contribution is 6.10. The molecule has 8 rings (SSSR count). The lowest BCUT2D eigenvalue weighted by Crippen LogP contribution is -2.53. The molecule has 4 aliphatic carbocycles. The van der Waals surface area contributed by atoms with E-state index in [0.29, 0.717) is 12.1 Å². The molecular formula is C36H14F12N2O6. The summed E-state index contributed by atoms with van der Waals surface area (Å²) in [7, 11) is 0. The van der Waals surface area contributed by atoms with E-state index in [1.165, 1.54) is 0 Å². The summed E-state index contributed by atoms with van der Waals surface area (Å²) in [5, 5.41) is 20.3. The Kier molecular flexibility index (Phi) is 7.97. The zero-order valence-electron chi connectivity index (χ0n) is 26.9. The van der Waals surface area contributed by atoms with E-state index in [-0.39, 0.29) is 22.9 Å². The molecule has 0 bridgehead atoms. The molecule has 0 amide bonds. The van der Waals surface area contributed by atoms with E-state index in [1.54, 1.807) is 0 Å². The number of benzene rings is 4. The number of nitrogens with zero attached hydrogens (tertiary/aromatic N) is 2. The Bertz CT molecular complexity index is 2360. The van der Waals surface area contributed by atoms with Gasteiger partial charge in [0.2, 0.25) is 35.1 Å². The van der Waals surface area contributed by atoms with Gasteiger partial charge in [0.1, 0.15) is 34.6 Å². The van der Waals surface area contributed by atoms with Crippen LogP contribution in [0.3, 0.4) is 0 Å². The van der Waals surface area contributed by atoms with Crippen molar-refractivity contribution in [3.8, 4) is 23.0 Å². The van der Waals surface area contributed by atoms with Crippen LogP contribution in [-0.2, 0) is 23.0 Å². The van der Waals surface area contributed by atoms with Crippen molar-refractivity contribution in [2.45, 2.75) is 47.2 Å². The Balaban J connectivity index is 0.000000172. The minimum Gasteiger partial charge on any atom is -0.458 e. The molecule has 0 saturated heterocycles. The van der Waals surface area contributed by atoms with Crippen LogP contribution < -0.4 is 9.47 Å². The molecule has 0 spiro atoms. The number of halogens is 12. The molecule has 0 aromatic heterocycles. The van der Waals surface area contributed by atoms with Gasteiger partial charge < -0.3 is 19.7 Å². The second kappa shape index (κ2) is 11.7. The van der Waals surface area contributed by atoms with Gasteiger partial charge >= 0.3 is 23.7 Å². The second-order valence-corrected chi connectivity index (χ2v) is 12.7. The Morgan fingerprint density at radius 1 is 0.571 bits per heavy atom. The first-order chi connectivity index (χ1) is 25.9. The molecule has 20 heteroatoms. The molecule has 288 valence electrons. The fourth-order valence-corrected chi connectivity index (χ4v) is 7.07. The Morgan fingerprint density at radius 3 is 1.23 bits per heavy atom. The number of ketones is 2. The van der Waals surface area contributed by atoms with Crippen LogP contribution >= 0.6 is 0 Å². The lowest BCUT2D eigenvalue weighted by molar-refractivity contribution is -0.294. The smallest absolute Gasteiger partial charge is 0.350 e. The average Bonchev–Trinajstić information content (AvgIpc) is 3.57. The van der Waals surface area contributed by atoms with E-state index >= 15 is 0 Å². The van der Waals surface area contributed by atoms with Crippen LogP contribution in [-0.4, -0.2) is 46.0 Å². The van der Waals surface area contributed by atoms with E-state index in [9.17, 15) is 72.5 Å². The third kappa shape index (κ3) is 4.56. The topological polar surface area (TPSA) is 102 Å². The lowest BCUT2D eigenvalue weighted by Gasteiger charge is -2.31. The summed E-state index contributed by atoms with van der Waals surface area (Å²) in [6.45, 7) is 13.7. The quantitative estimate of drug-likeness (QED) is 0.158. The monoisotopic (exact) mass is 798 g/mol. The Hall–Kier alpha value is -6.12. The summed E-state index contributed by atoms with van der Waals surface area (Å²) in [5.41, 5.74) is -15.7. The van der Waals surface area contributed by atoms with Crippen molar-refractivity contribution in [3.05, 3.63) is 129 Å². The first-order valence-electron chi connectivity index (χ1n) is 15.3. The van der Waals surface area contributed by atoms with Gasteiger partial charge in [-0.2, -0.15) is 35.1 Å². The van der Waals surface area contributed by atoms with E-state index < -0.39 is 115 Å². The van der Waals surface area contributed by atoms with Crippen molar-refractivity contribution in [1.82, 2.24) is 0 Å². The van der Waals surface area contributed by atoms with Gasteiger partial charge in [0.15, 0.2) is 11.4 Å². The standard InChI is InChI=1S/2C18H7F6NO3/c2*1-25-8-4-7(19)5-9(6-8)28-11-3-2-10-13-12(11)14(26)15(20)16(13,27)18(23,24)17(10,21)22/h2*2-6,15,27H/t15-,16+;15-,16-/m10/s1. The molecule has 4 aromatic rings. The number of aliphatic hydroxyl groups is 2. The molecule has 0 unspecified atom stereocenters. The van der Waals surface area contributed by atoms with Crippen molar-refractivity contribution < 1.29 is 82.0 Å². The Labute approximate surface area is 303 Å². The molecule has 4 aliphatic rings. The predicted molar refractivity (Wildman–Crippen MR) is 162 cm³/mol. The van der Waals surface area contributed by atoms with Crippen LogP contribution in [0.15, 0.2) is 60.7 Å². The fourth-order valence-electron chi connectivity index (χ4n) is 7.07. The van der Waals surface area contributed by atoms with Gasteiger partial charge in [-0.05, 0) is 48.5 Å². The first-order valence-corrected chi connectivity index (χ1v) is 15.3. The lowest BCUT2D eigenvalue weighted by atomic mass is 9.93. The highest BCUT2D eigenvalue weighted by Crippen LogP contribution is 2.68. The highest BCUT2D eigenvalue weighted by atomic mass is 19.3. The van der Waals surface area contributed by atoms with Crippen LogP contribution in [0.1, 0.15) is 43.0 Å². The molecule has 0 saturated carbocycles. The van der Waals surface area contributed by atoms with Crippen LogP contribution in [0, 0.1) is 24.8 Å². The van der Waals surface area contributed by atoms with Crippen LogP contribution in [0.4, 0.5) is 64.1 Å². The van der Waals surface area contributed by atoms with E-state index in [2.05, 4.69) is 9.69 Å². The summed E-state index contributed by atoms with van der Waals surface area (Å²) in [5.74, 6) is -27.5. The first kappa shape index (κ1) is 38.2. The zero-order valence-corrected chi connectivity index (χ0v) is 26.9. The maximum absolute atomic E-state index is 14.4. The van der Waals surface area contributed by atoms with E-state index in [4.69, 9.17) is 22.6 Å². The number of hydrogen-bond acceptors (Lipinski definition) is 6. The molecule has 2 N–H and O–H groups in total. The summed E-state index contributed by atoms with van der Waals surface area (Å²) in [6, 6.07) is 7.81. The number of carbonyl (C=O) groups is 2. The van der Waals surface area contributed by atoms with Gasteiger partial charge in [0, 0.05) is 34.4 Å². The predicted octanol–water partition coefficient (Wildman–Crippen LogP) is 9.26. The van der Waals surface area contributed by atoms with Gasteiger partial charge in [-0.1, -0.05) is 0 Å². The van der Waals surface area contributed by atoms with Crippen molar-refractivity contribution >= 4 is 22.9 Å². The summed E-state index contributed by atoms with van der Waals surface area (Å²) < 4.78 is 180. The molecule has 4 aromatic carbocycles. The van der Waals surface area contributed by atoms with Crippen molar-refractivity contribution in [2.75, 3.05) is 0 Å². The molecule has 0 fully saturated rings. The molecular weight excluding hydrogens is 784 g/mol. The van der Waals surface area contributed by atoms with Gasteiger partial charge in [0.25, 0.3) is 0 Å². The van der Waals surface area contributed by atoms with Crippen LogP contribution in [0.5, 0.6) is 23.0 Å². The molecule has 0 aliphatic heterocycles. The molecule has 4 atom stereocenters. The molecule has 8 nitrogen and oxygen atoms in total. The molecule has 56 heavy (non-hydrogen) atoms. The SMILES string of the molecule is [C-]#[N+]c1cc(F)cc(Oc2ccc3c4c2C(=O)[C@@H](F)[C@]4(O)C(F)(F)C3(F)F)c1.[C-]#[N+]c1cc(F)cc(Oc2ccc3c4c2C(=O)[C@H](F)[C@]4(O)C(F)(F)C3(F)F)c1. The number of alkyl halides is 10. The zero-order chi connectivity index (χ0) is 41.3. The maximum Gasteiger partial charge on any atom is 0.350 e. The average molecular weight is 798 g/mol. The minimum absolute atomic E-state index is 0.197. The van der Waals surface area contributed by atoms with Gasteiger partial charge in [-0.25, -0.2) is 27.3 Å². The van der Waals surface area contributed by atoms with Crippen molar-refractivity contribution in [1.29, 1.82) is 0 Å². The van der Waals surface area contributed by atoms with Gasteiger partial charge in [-0.3, -0.25) is 9.59 Å². The van der Waals surface area contributed by atoms with E-state index in [1.807, 2.05) is 0 Å². The largest absolute Gasteiger partial charge is 0.458 e. The molecule has 0 radical (unpaired) electrons. The van der Waals surface area contributed by atoms with Gasteiger partial charge in [-0.15, -0.1) is 0 Å². The van der Waals surface area contributed by atoms with Crippen LogP contribution in [0.2, 0.25) is 0 Å². The van der Waals surface area contributed by atoms with Crippen LogP contribution in [0.25, 0.3) is 9.69 Å². The Morgan fingerprint density at radius 2 is 0.911 bits per heavy atom. The number of rotatable bonds is 4. The number of hydrogen-bond donors (Lipinski definition) is 2. The third-order valence-corrected chi connectivity index (χ3v) is 9.63. The van der Waals surface area contributed by atoms with Crippen molar-refractivity contribution in [2.24, 2.45) is 0 Å². The fraction of sp³-hybridized carbons (Fsp3) is 0.222. The summed E-state index contributed by atoms with van der Waals surface area (Å²) in [6.07, 6.45) is -6.69. The van der Waals surface area contributed by atoms with Gasteiger partial charge in [0.05, 0.1) is 24.3 Å². The number of ether oxygens (including phenoxy) is 2. The third-order valence-electron chi connectivity index (χ3n) is 9.63. The maximum atomic E-state index is 14.4. The highest BCUT2D eigenvalue weighted by Gasteiger charge is 2.84. The molecule has 0 heterocycles. The summed E-state index contributed by atoms with van der Waals surface area (Å²) >= 11 is 0. The number of carbonyl (C=O) groups excluding carboxylic acids is 2. The second-order valence-electron chi connectivity index (χ2n) is 12.7.